The highest BCUT2D eigenvalue weighted by atomic mass is 32.1. The largest absolute Gasteiger partial charge is 0.363 e. The maximum absolute atomic E-state index is 14.8. The standard InChI is InChI=1S/C46H62N2O2S2/c1-41(2,3)31-25-45(26-32(37(31)49)42(4,5)6)39-29(23-35(51-39)47-19-15-13-16-20-47)30-24-36(48-21-17-14-18-22-48)52-40(30)46(45)27-33(43(7,8)9)38(50)34(28-46)44(10,11)12/h23-28H,13-22H2,1-12H3. The minimum Gasteiger partial charge on any atom is -0.363 e. The lowest BCUT2D eigenvalue weighted by Gasteiger charge is -2.53. The number of allylic oxidation sites excluding steroid dienone is 8. The fraction of sp³-hybridized carbons (Fsp3) is 0.609. The molecule has 280 valence electrons. The molecule has 0 radical (unpaired) electrons. The van der Waals surface area contributed by atoms with Crippen LogP contribution in [0.15, 0.2) is 58.7 Å². The van der Waals surface area contributed by atoms with E-state index in [4.69, 9.17) is 0 Å². The molecule has 3 aliphatic carbocycles. The van der Waals surface area contributed by atoms with Crippen molar-refractivity contribution in [1.29, 1.82) is 0 Å². The van der Waals surface area contributed by atoms with E-state index in [1.54, 1.807) is 0 Å². The summed E-state index contributed by atoms with van der Waals surface area (Å²) in [6.07, 6.45) is 17.0. The molecular weight excluding hydrogens is 677 g/mol. The molecule has 2 aliphatic heterocycles. The Morgan fingerprint density at radius 3 is 0.981 bits per heavy atom. The van der Waals surface area contributed by atoms with Crippen molar-refractivity contribution >= 4 is 44.2 Å². The van der Waals surface area contributed by atoms with Crippen LogP contribution in [0.3, 0.4) is 0 Å². The number of rotatable bonds is 2. The van der Waals surface area contributed by atoms with Gasteiger partial charge in [0, 0.05) is 69.4 Å². The van der Waals surface area contributed by atoms with Gasteiger partial charge in [-0.25, -0.2) is 0 Å². The molecule has 7 rings (SSSR count). The fourth-order valence-electron chi connectivity index (χ4n) is 9.20. The van der Waals surface area contributed by atoms with Gasteiger partial charge in [0.15, 0.2) is 11.6 Å². The molecule has 0 atom stereocenters. The Bertz CT molecular complexity index is 1710. The van der Waals surface area contributed by atoms with E-state index >= 15 is 0 Å². The van der Waals surface area contributed by atoms with E-state index in [0.717, 1.165) is 48.5 Å². The van der Waals surface area contributed by atoms with Crippen LogP contribution in [0, 0.1) is 21.7 Å². The fourth-order valence-corrected chi connectivity index (χ4v) is 12.1. The van der Waals surface area contributed by atoms with Crippen LogP contribution in [0.25, 0.3) is 11.1 Å². The Labute approximate surface area is 322 Å². The maximum Gasteiger partial charge on any atom is 0.185 e. The lowest BCUT2D eigenvalue weighted by molar-refractivity contribution is -0.115. The molecule has 52 heavy (non-hydrogen) atoms. The van der Waals surface area contributed by atoms with Gasteiger partial charge >= 0.3 is 0 Å². The first kappa shape index (κ1) is 37.6. The third-order valence-electron chi connectivity index (χ3n) is 12.2. The SMILES string of the molecule is CC(C)(C)C1=CC2(C=C(C(C)(C)C)C1=O)c1sc(N3CCCCC3)cc1-c1cc(N3CCCCC3)sc1C21C=C(C(C)(C)C)C(=O)C(C(C)(C)C)=C1. The average Bonchev–Trinajstić information content (AvgIpc) is 3.70. The predicted molar refractivity (Wildman–Crippen MR) is 223 cm³/mol. The molecule has 0 amide bonds. The number of hydrogen-bond donors (Lipinski definition) is 0. The molecule has 2 saturated heterocycles. The monoisotopic (exact) mass is 738 g/mol. The molecule has 4 nitrogen and oxygen atoms in total. The minimum atomic E-state index is -0.717. The topological polar surface area (TPSA) is 40.6 Å². The summed E-state index contributed by atoms with van der Waals surface area (Å²) < 4.78 is 0. The molecule has 0 N–H and O–H groups in total. The van der Waals surface area contributed by atoms with Crippen molar-refractivity contribution in [2.75, 3.05) is 36.0 Å². The van der Waals surface area contributed by atoms with Crippen LogP contribution in [-0.4, -0.2) is 37.7 Å². The van der Waals surface area contributed by atoms with E-state index < -0.39 is 10.8 Å². The zero-order valence-electron chi connectivity index (χ0n) is 34.1. The molecule has 0 saturated carbocycles. The van der Waals surface area contributed by atoms with Gasteiger partial charge in [-0.3, -0.25) is 9.59 Å². The molecule has 2 spiro atoms. The van der Waals surface area contributed by atoms with E-state index in [2.05, 4.69) is 129 Å². The lowest BCUT2D eigenvalue weighted by Crippen LogP contribution is -2.52. The summed E-state index contributed by atoms with van der Waals surface area (Å²) in [6.45, 7) is 30.7. The van der Waals surface area contributed by atoms with Gasteiger partial charge in [0.1, 0.15) is 0 Å². The Hall–Kier alpha value is -2.70. The summed E-state index contributed by atoms with van der Waals surface area (Å²) in [4.78, 5) is 37.4. The molecule has 2 aromatic heterocycles. The van der Waals surface area contributed by atoms with Gasteiger partial charge in [-0.15, -0.1) is 22.7 Å². The van der Waals surface area contributed by atoms with Gasteiger partial charge in [-0.05, 0) is 72.3 Å². The van der Waals surface area contributed by atoms with Crippen LogP contribution in [-0.2, 0) is 20.4 Å². The highest BCUT2D eigenvalue weighted by Gasteiger charge is 2.61. The molecule has 0 unspecified atom stereocenters. The highest BCUT2D eigenvalue weighted by molar-refractivity contribution is 7.18. The van der Waals surface area contributed by atoms with Crippen molar-refractivity contribution in [2.24, 2.45) is 21.7 Å². The number of carbonyl (C=O) groups is 2. The summed E-state index contributed by atoms with van der Waals surface area (Å²) in [5, 5.41) is 2.66. The van der Waals surface area contributed by atoms with Crippen LogP contribution in [0.5, 0.6) is 0 Å². The van der Waals surface area contributed by atoms with Crippen molar-refractivity contribution < 1.29 is 9.59 Å². The van der Waals surface area contributed by atoms with Gasteiger partial charge in [-0.1, -0.05) is 107 Å². The van der Waals surface area contributed by atoms with Crippen molar-refractivity contribution in [2.45, 2.75) is 132 Å². The van der Waals surface area contributed by atoms with Crippen LogP contribution in [0.4, 0.5) is 10.0 Å². The van der Waals surface area contributed by atoms with Crippen molar-refractivity contribution in [3.8, 4) is 11.1 Å². The smallest absolute Gasteiger partial charge is 0.185 e. The van der Waals surface area contributed by atoms with Crippen LogP contribution in [0.1, 0.15) is 131 Å². The summed E-state index contributed by atoms with van der Waals surface area (Å²) in [5.41, 5.74) is 3.17. The van der Waals surface area contributed by atoms with E-state index in [0.29, 0.717) is 0 Å². The number of carbonyl (C=O) groups excluding carboxylic acids is 2. The third-order valence-corrected chi connectivity index (χ3v) is 14.9. The summed E-state index contributed by atoms with van der Waals surface area (Å²) in [7, 11) is 0. The summed E-state index contributed by atoms with van der Waals surface area (Å²) in [5.74, 6) is 0.320. The Morgan fingerprint density at radius 1 is 0.462 bits per heavy atom. The average molecular weight is 739 g/mol. The number of nitrogens with zero attached hydrogens (tertiary/aromatic N) is 2. The molecule has 5 aliphatic rings. The van der Waals surface area contributed by atoms with Gasteiger partial charge in [0.05, 0.1) is 20.8 Å². The zero-order chi connectivity index (χ0) is 37.8. The predicted octanol–water partition coefficient (Wildman–Crippen LogP) is 12.0. The van der Waals surface area contributed by atoms with E-state index in [1.165, 1.54) is 69.4 Å². The number of thiophene rings is 2. The van der Waals surface area contributed by atoms with Crippen LogP contribution in [0.2, 0.25) is 0 Å². The molecule has 2 fully saturated rings. The van der Waals surface area contributed by atoms with Gasteiger partial charge < -0.3 is 9.80 Å². The minimum absolute atomic E-state index is 0.160. The molecule has 4 heterocycles. The second kappa shape index (κ2) is 12.4. The van der Waals surface area contributed by atoms with E-state index in [9.17, 15) is 9.59 Å². The van der Waals surface area contributed by atoms with Gasteiger partial charge in [-0.2, -0.15) is 0 Å². The quantitative estimate of drug-likeness (QED) is 0.308. The van der Waals surface area contributed by atoms with E-state index in [1.807, 2.05) is 22.7 Å². The number of hydrogen-bond acceptors (Lipinski definition) is 6. The van der Waals surface area contributed by atoms with Crippen molar-refractivity contribution in [1.82, 2.24) is 0 Å². The molecular formula is C46H62N2O2S2. The number of anilines is 2. The number of Topliss-reactive ketones (excluding diaryl/α,β-unsaturated/α-hetero) is 2. The Balaban J connectivity index is 1.69. The second-order valence-corrected chi connectivity index (χ2v) is 22.4. The molecule has 2 aromatic rings. The van der Waals surface area contributed by atoms with Crippen molar-refractivity contribution in [3.63, 3.8) is 0 Å². The molecule has 6 heteroatoms. The van der Waals surface area contributed by atoms with E-state index in [-0.39, 0.29) is 33.2 Å². The Morgan fingerprint density at radius 2 is 0.731 bits per heavy atom. The normalized spacial score (nSPS) is 22.2. The molecule has 0 bridgehead atoms. The number of ketones is 2. The first-order chi connectivity index (χ1) is 24.1. The number of piperidine rings is 2. The van der Waals surface area contributed by atoms with Crippen LogP contribution >= 0.6 is 22.7 Å². The zero-order valence-corrected chi connectivity index (χ0v) is 35.7. The first-order valence-electron chi connectivity index (χ1n) is 19.9. The third kappa shape index (κ3) is 5.97. The second-order valence-electron chi connectivity index (χ2n) is 20.4. The molecule has 0 aromatic carbocycles. The highest BCUT2D eigenvalue weighted by Crippen LogP contribution is 2.67. The first-order valence-corrected chi connectivity index (χ1v) is 21.5. The van der Waals surface area contributed by atoms with Gasteiger partial charge in [0.2, 0.25) is 0 Å². The Kier molecular flexibility index (Phi) is 8.98. The van der Waals surface area contributed by atoms with Gasteiger partial charge in [0.25, 0.3) is 0 Å². The number of fused-ring (bicyclic) bond motifs is 6. The summed E-state index contributed by atoms with van der Waals surface area (Å²) in [6, 6.07) is 4.99. The maximum atomic E-state index is 14.8. The van der Waals surface area contributed by atoms with Crippen LogP contribution < -0.4 is 9.80 Å². The lowest BCUT2D eigenvalue weighted by atomic mass is 9.49. The summed E-state index contributed by atoms with van der Waals surface area (Å²) >= 11 is 3.88. The van der Waals surface area contributed by atoms with Crippen molar-refractivity contribution in [3.05, 3.63) is 68.5 Å².